The quantitative estimate of drug-likeness (QED) is 0.0264. The molecular formula is C53H98O10. The Bertz CT molecular complexity index is 1080. The Hall–Kier alpha value is -1.82. The molecule has 6 atom stereocenters. The summed E-state index contributed by atoms with van der Waals surface area (Å²) >= 11 is 0. The number of carbonyl (C=O) groups excluding carboxylic acids is 2. The summed E-state index contributed by atoms with van der Waals surface area (Å²) in [7, 11) is 0. The average molecular weight is 895 g/mol. The summed E-state index contributed by atoms with van der Waals surface area (Å²) in [4.78, 5) is 25.4. The highest BCUT2D eigenvalue weighted by atomic mass is 16.7. The first-order chi connectivity index (χ1) is 30.8. The van der Waals surface area contributed by atoms with Crippen molar-refractivity contribution in [2.24, 2.45) is 0 Å². The fourth-order valence-electron chi connectivity index (χ4n) is 8.13. The first kappa shape index (κ1) is 59.2. The Morgan fingerprint density at radius 2 is 0.857 bits per heavy atom. The molecular weight excluding hydrogens is 797 g/mol. The van der Waals surface area contributed by atoms with Crippen LogP contribution in [0, 0.1) is 0 Å². The van der Waals surface area contributed by atoms with Crippen molar-refractivity contribution in [2.45, 2.75) is 282 Å². The van der Waals surface area contributed by atoms with Crippen LogP contribution in [0.3, 0.4) is 0 Å². The molecule has 0 saturated carbocycles. The first-order valence-corrected chi connectivity index (χ1v) is 26.4. The van der Waals surface area contributed by atoms with Crippen LogP contribution in [0.25, 0.3) is 0 Å². The van der Waals surface area contributed by atoms with Crippen LogP contribution in [0.4, 0.5) is 0 Å². The molecule has 1 aliphatic rings. The normalized spacial score (nSPS) is 19.6. The van der Waals surface area contributed by atoms with Crippen molar-refractivity contribution in [2.75, 3.05) is 19.8 Å². The third kappa shape index (κ3) is 35.1. The van der Waals surface area contributed by atoms with Crippen LogP contribution in [-0.2, 0) is 28.5 Å². The van der Waals surface area contributed by atoms with Crippen molar-refractivity contribution >= 4 is 11.9 Å². The maximum Gasteiger partial charge on any atom is 0.306 e. The second kappa shape index (κ2) is 44.0. The van der Waals surface area contributed by atoms with Gasteiger partial charge in [-0.2, -0.15) is 0 Å². The largest absolute Gasteiger partial charge is 0.462 e. The summed E-state index contributed by atoms with van der Waals surface area (Å²) in [6, 6.07) is 0. The predicted octanol–water partition coefficient (Wildman–Crippen LogP) is 12.5. The lowest BCUT2D eigenvalue weighted by atomic mass is 9.99. The lowest BCUT2D eigenvalue weighted by Crippen LogP contribution is -2.59. The molecule has 0 aliphatic carbocycles. The minimum atomic E-state index is -1.60. The van der Waals surface area contributed by atoms with E-state index in [4.69, 9.17) is 18.9 Å². The Morgan fingerprint density at radius 3 is 1.29 bits per heavy atom. The molecule has 0 aromatic heterocycles. The van der Waals surface area contributed by atoms with Gasteiger partial charge in [-0.25, -0.2) is 0 Å². The molecule has 0 bridgehead atoms. The predicted molar refractivity (Wildman–Crippen MR) is 256 cm³/mol. The van der Waals surface area contributed by atoms with Gasteiger partial charge in [0.2, 0.25) is 0 Å². The van der Waals surface area contributed by atoms with Crippen molar-refractivity contribution in [1.82, 2.24) is 0 Å². The lowest BCUT2D eigenvalue weighted by molar-refractivity contribution is -0.305. The van der Waals surface area contributed by atoms with Crippen LogP contribution in [0.15, 0.2) is 24.3 Å². The summed E-state index contributed by atoms with van der Waals surface area (Å²) in [6.45, 7) is 3.42. The zero-order valence-corrected chi connectivity index (χ0v) is 40.6. The molecule has 10 nitrogen and oxygen atoms in total. The molecule has 1 fully saturated rings. The molecule has 1 heterocycles. The van der Waals surface area contributed by atoms with Crippen LogP contribution in [0.2, 0.25) is 0 Å². The average Bonchev–Trinajstić information content (AvgIpc) is 3.28. The first-order valence-electron chi connectivity index (χ1n) is 26.4. The molecule has 0 radical (unpaired) electrons. The Morgan fingerprint density at radius 1 is 0.476 bits per heavy atom. The number of hydrogen-bond donors (Lipinski definition) is 4. The van der Waals surface area contributed by atoms with Gasteiger partial charge in [-0.1, -0.05) is 199 Å². The van der Waals surface area contributed by atoms with Crippen LogP contribution < -0.4 is 0 Å². The number of rotatable bonds is 45. The number of hydrogen-bond acceptors (Lipinski definition) is 10. The third-order valence-corrected chi connectivity index (χ3v) is 12.3. The van der Waals surface area contributed by atoms with Gasteiger partial charge in [0, 0.05) is 12.8 Å². The zero-order valence-electron chi connectivity index (χ0n) is 40.6. The standard InChI is InChI=1S/C53H98O10/c1-3-5-7-9-11-13-15-17-19-20-21-22-23-24-25-26-28-29-31-33-35-37-39-41-48(55)60-44-46(45-61-53-52(59)51(58)50(57)47(43-54)63-53)62-49(56)42-40-38-36-34-32-30-27-18-16-14-12-10-8-6-4-2/h18,27,33,35,46-47,50-54,57-59H,3-17,19-26,28-32,34,36-45H2,1-2H3/b27-18+,35-33+/t46-,47-,50+,51?,52?,53-/m0/s1. The lowest BCUT2D eigenvalue weighted by Gasteiger charge is -2.39. The third-order valence-electron chi connectivity index (χ3n) is 12.3. The molecule has 63 heavy (non-hydrogen) atoms. The molecule has 4 N–H and O–H groups in total. The number of allylic oxidation sites excluding steroid dienone is 4. The molecule has 0 spiro atoms. The van der Waals surface area contributed by atoms with Gasteiger partial charge in [-0.05, 0) is 57.8 Å². The summed E-state index contributed by atoms with van der Waals surface area (Å²) in [5.74, 6) is -0.843. The van der Waals surface area contributed by atoms with E-state index in [1.54, 1.807) is 0 Å². The van der Waals surface area contributed by atoms with E-state index in [1.165, 1.54) is 161 Å². The highest BCUT2D eigenvalue weighted by molar-refractivity contribution is 5.70. The highest BCUT2D eigenvalue weighted by Crippen LogP contribution is 2.23. The SMILES string of the molecule is CCCCCCCC/C=C/CCCCCCCC(=O)O[C@@H](COC(=O)CCC/C=C/CCCCCCCCCCCCCCCCCCCC)CO[C@H]1O[C@@H](CO)[C@@H](O)C(O)C1O. The summed E-state index contributed by atoms with van der Waals surface area (Å²) < 4.78 is 22.2. The maximum absolute atomic E-state index is 12.8. The summed E-state index contributed by atoms with van der Waals surface area (Å²) in [6.07, 6.45) is 43.5. The van der Waals surface area contributed by atoms with E-state index >= 15 is 0 Å². The van der Waals surface area contributed by atoms with Gasteiger partial charge in [0.15, 0.2) is 12.4 Å². The van der Waals surface area contributed by atoms with Gasteiger partial charge in [0.25, 0.3) is 0 Å². The molecule has 370 valence electrons. The number of aliphatic hydroxyl groups is 4. The van der Waals surface area contributed by atoms with Gasteiger partial charge in [-0.15, -0.1) is 0 Å². The minimum absolute atomic E-state index is 0.217. The Kier molecular flexibility index (Phi) is 41.4. The maximum atomic E-state index is 12.8. The molecule has 1 saturated heterocycles. The monoisotopic (exact) mass is 895 g/mol. The summed E-state index contributed by atoms with van der Waals surface area (Å²) in [5, 5.41) is 40.2. The molecule has 2 unspecified atom stereocenters. The topological polar surface area (TPSA) is 152 Å². The summed E-state index contributed by atoms with van der Waals surface area (Å²) in [5.41, 5.74) is 0. The Labute approximate surface area is 385 Å². The second-order valence-corrected chi connectivity index (χ2v) is 18.3. The van der Waals surface area contributed by atoms with E-state index in [-0.39, 0.29) is 26.1 Å². The number of carbonyl (C=O) groups is 2. The van der Waals surface area contributed by atoms with E-state index in [0.717, 1.165) is 44.9 Å². The number of aliphatic hydroxyl groups excluding tert-OH is 4. The van der Waals surface area contributed by atoms with Gasteiger partial charge in [-0.3, -0.25) is 9.59 Å². The second-order valence-electron chi connectivity index (χ2n) is 18.3. The van der Waals surface area contributed by atoms with Crippen LogP contribution in [0.1, 0.15) is 245 Å². The number of unbranched alkanes of at least 4 members (excludes halogenated alkanes) is 30. The van der Waals surface area contributed by atoms with Crippen molar-refractivity contribution in [3.05, 3.63) is 24.3 Å². The molecule has 1 aliphatic heterocycles. The van der Waals surface area contributed by atoms with Crippen LogP contribution >= 0.6 is 0 Å². The zero-order chi connectivity index (χ0) is 45.9. The molecule has 10 heteroatoms. The smallest absolute Gasteiger partial charge is 0.306 e. The van der Waals surface area contributed by atoms with Crippen LogP contribution in [0.5, 0.6) is 0 Å². The van der Waals surface area contributed by atoms with Crippen molar-refractivity contribution in [3.8, 4) is 0 Å². The van der Waals surface area contributed by atoms with Gasteiger partial charge in [0.05, 0.1) is 13.2 Å². The van der Waals surface area contributed by atoms with E-state index in [0.29, 0.717) is 12.8 Å². The fourth-order valence-corrected chi connectivity index (χ4v) is 8.13. The van der Waals surface area contributed by atoms with E-state index in [9.17, 15) is 30.0 Å². The number of esters is 2. The molecule has 0 aromatic rings. The van der Waals surface area contributed by atoms with Gasteiger partial charge in [0.1, 0.15) is 31.0 Å². The highest BCUT2D eigenvalue weighted by Gasteiger charge is 2.44. The van der Waals surface area contributed by atoms with E-state index < -0.39 is 55.4 Å². The van der Waals surface area contributed by atoms with Crippen LogP contribution in [-0.4, -0.2) is 89.0 Å². The van der Waals surface area contributed by atoms with Crippen molar-refractivity contribution in [3.63, 3.8) is 0 Å². The molecule has 0 aromatic carbocycles. The van der Waals surface area contributed by atoms with Gasteiger partial charge < -0.3 is 39.4 Å². The molecule has 0 amide bonds. The van der Waals surface area contributed by atoms with E-state index in [2.05, 4.69) is 38.2 Å². The fraction of sp³-hybridized carbons (Fsp3) is 0.887. The molecule has 1 rings (SSSR count). The number of ether oxygens (including phenoxy) is 4. The van der Waals surface area contributed by atoms with Crippen molar-refractivity contribution < 1.29 is 49.0 Å². The van der Waals surface area contributed by atoms with E-state index in [1.807, 2.05) is 0 Å². The van der Waals surface area contributed by atoms with Crippen molar-refractivity contribution in [1.29, 1.82) is 0 Å². The van der Waals surface area contributed by atoms with Gasteiger partial charge >= 0.3 is 11.9 Å². The minimum Gasteiger partial charge on any atom is -0.462 e. The Balaban J connectivity index is 2.24.